The third kappa shape index (κ3) is 2.93. The molecule has 0 saturated heterocycles. The predicted octanol–water partition coefficient (Wildman–Crippen LogP) is 3.85. The van der Waals surface area contributed by atoms with Crippen LogP contribution in [0.25, 0.3) is 10.9 Å². The van der Waals surface area contributed by atoms with Crippen molar-refractivity contribution in [3.05, 3.63) is 34.4 Å². The van der Waals surface area contributed by atoms with Crippen LogP contribution in [0, 0.1) is 0 Å². The SMILES string of the molecule is CCCCCNC(=O)c1c[nH]c2cc(Br)ccc12. The quantitative estimate of drug-likeness (QED) is 0.810. The Bertz CT molecular complexity index is 548. The van der Waals surface area contributed by atoms with Crippen LogP contribution in [0.2, 0.25) is 0 Å². The van der Waals surface area contributed by atoms with Crippen molar-refractivity contribution in [2.45, 2.75) is 26.2 Å². The van der Waals surface area contributed by atoms with Gasteiger partial charge in [-0.05, 0) is 18.6 Å². The van der Waals surface area contributed by atoms with Gasteiger partial charge in [0.05, 0.1) is 5.56 Å². The predicted molar refractivity (Wildman–Crippen MR) is 77.9 cm³/mol. The van der Waals surface area contributed by atoms with Crippen LogP contribution < -0.4 is 5.32 Å². The Morgan fingerprint density at radius 1 is 1.39 bits per heavy atom. The second kappa shape index (κ2) is 6.05. The van der Waals surface area contributed by atoms with Gasteiger partial charge in [0.1, 0.15) is 0 Å². The number of unbranched alkanes of at least 4 members (excludes halogenated alkanes) is 2. The summed E-state index contributed by atoms with van der Waals surface area (Å²) in [5.74, 6) is -0.000300. The molecule has 0 bridgehead atoms. The molecule has 2 N–H and O–H groups in total. The third-order valence-electron chi connectivity index (χ3n) is 2.95. The topological polar surface area (TPSA) is 44.9 Å². The van der Waals surface area contributed by atoms with Crippen molar-refractivity contribution in [1.82, 2.24) is 10.3 Å². The summed E-state index contributed by atoms with van der Waals surface area (Å²) in [7, 11) is 0. The average Bonchev–Trinajstić information content (AvgIpc) is 2.77. The van der Waals surface area contributed by atoms with E-state index >= 15 is 0 Å². The number of nitrogens with one attached hydrogen (secondary N) is 2. The van der Waals surface area contributed by atoms with Gasteiger partial charge in [0.15, 0.2) is 0 Å². The fourth-order valence-electron chi connectivity index (χ4n) is 1.96. The van der Waals surface area contributed by atoms with Gasteiger partial charge in [-0.3, -0.25) is 4.79 Å². The van der Waals surface area contributed by atoms with E-state index in [0.717, 1.165) is 41.2 Å². The Labute approximate surface area is 115 Å². The van der Waals surface area contributed by atoms with Gasteiger partial charge < -0.3 is 10.3 Å². The van der Waals surface area contributed by atoms with E-state index in [-0.39, 0.29) is 5.91 Å². The standard InChI is InChI=1S/C14H17BrN2O/c1-2-3-4-7-16-14(18)12-9-17-13-8-10(15)5-6-11(12)13/h5-6,8-9,17H,2-4,7H2,1H3,(H,16,18). The van der Waals surface area contributed by atoms with Crippen molar-refractivity contribution in [2.75, 3.05) is 6.54 Å². The number of aromatic amines is 1. The van der Waals surface area contributed by atoms with E-state index in [4.69, 9.17) is 0 Å². The van der Waals surface area contributed by atoms with Crippen LogP contribution >= 0.6 is 15.9 Å². The minimum atomic E-state index is -0.000300. The molecule has 0 aliphatic heterocycles. The maximum atomic E-state index is 12.0. The first-order valence-corrected chi connectivity index (χ1v) is 7.06. The number of amides is 1. The lowest BCUT2D eigenvalue weighted by Gasteiger charge is -2.03. The minimum absolute atomic E-state index is 0.000300. The second-order valence-corrected chi connectivity index (χ2v) is 5.27. The zero-order chi connectivity index (χ0) is 13.0. The molecule has 0 radical (unpaired) electrons. The fourth-order valence-corrected chi connectivity index (χ4v) is 2.32. The van der Waals surface area contributed by atoms with E-state index < -0.39 is 0 Å². The van der Waals surface area contributed by atoms with Crippen molar-refractivity contribution in [2.24, 2.45) is 0 Å². The molecule has 18 heavy (non-hydrogen) atoms. The summed E-state index contributed by atoms with van der Waals surface area (Å²) in [6, 6.07) is 5.88. The normalized spacial score (nSPS) is 10.8. The van der Waals surface area contributed by atoms with Crippen LogP contribution in [0.3, 0.4) is 0 Å². The lowest BCUT2D eigenvalue weighted by molar-refractivity contribution is 0.0954. The number of halogens is 1. The number of H-pyrrole nitrogens is 1. The van der Waals surface area contributed by atoms with Crippen molar-refractivity contribution in [3.63, 3.8) is 0 Å². The first kappa shape index (κ1) is 13.1. The van der Waals surface area contributed by atoms with Crippen LogP contribution in [0.4, 0.5) is 0 Å². The summed E-state index contributed by atoms with van der Waals surface area (Å²) in [5.41, 5.74) is 1.69. The van der Waals surface area contributed by atoms with E-state index in [9.17, 15) is 4.79 Å². The van der Waals surface area contributed by atoms with Crippen molar-refractivity contribution in [3.8, 4) is 0 Å². The highest BCUT2D eigenvalue weighted by Gasteiger charge is 2.11. The van der Waals surface area contributed by atoms with E-state index in [0.29, 0.717) is 5.56 Å². The maximum Gasteiger partial charge on any atom is 0.253 e. The van der Waals surface area contributed by atoms with Gasteiger partial charge in [0.2, 0.25) is 0 Å². The second-order valence-electron chi connectivity index (χ2n) is 4.36. The lowest BCUT2D eigenvalue weighted by atomic mass is 10.1. The Morgan fingerprint density at radius 3 is 3.00 bits per heavy atom. The summed E-state index contributed by atoms with van der Waals surface area (Å²) < 4.78 is 1.01. The Kier molecular flexibility index (Phi) is 4.42. The van der Waals surface area contributed by atoms with Crippen LogP contribution in [-0.2, 0) is 0 Å². The van der Waals surface area contributed by atoms with E-state index in [1.54, 1.807) is 6.20 Å². The van der Waals surface area contributed by atoms with Gasteiger partial charge >= 0.3 is 0 Å². The number of benzene rings is 1. The summed E-state index contributed by atoms with van der Waals surface area (Å²) in [4.78, 5) is 15.1. The number of hydrogen-bond acceptors (Lipinski definition) is 1. The molecule has 0 atom stereocenters. The molecular weight excluding hydrogens is 292 g/mol. The molecule has 0 aliphatic carbocycles. The van der Waals surface area contributed by atoms with E-state index in [1.165, 1.54) is 0 Å². The van der Waals surface area contributed by atoms with Crippen LogP contribution in [-0.4, -0.2) is 17.4 Å². The average molecular weight is 309 g/mol. The van der Waals surface area contributed by atoms with Crippen molar-refractivity contribution < 1.29 is 4.79 Å². The molecular formula is C14H17BrN2O. The molecule has 3 nitrogen and oxygen atoms in total. The number of fused-ring (bicyclic) bond motifs is 1. The molecule has 0 saturated carbocycles. The van der Waals surface area contributed by atoms with Crippen LogP contribution in [0.5, 0.6) is 0 Å². The van der Waals surface area contributed by atoms with Gasteiger partial charge in [-0.2, -0.15) is 0 Å². The van der Waals surface area contributed by atoms with E-state index in [1.807, 2.05) is 18.2 Å². The molecule has 1 amide bonds. The fraction of sp³-hybridized carbons (Fsp3) is 0.357. The van der Waals surface area contributed by atoms with E-state index in [2.05, 4.69) is 33.2 Å². The number of carbonyl (C=O) groups is 1. The molecule has 1 aromatic carbocycles. The summed E-state index contributed by atoms with van der Waals surface area (Å²) in [5, 5.41) is 3.92. The van der Waals surface area contributed by atoms with Crippen LogP contribution in [0.1, 0.15) is 36.5 Å². The molecule has 0 fully saturated rings. The van der Waals surface area contributed by atoms with Gasteiger partial charge in [0.25, 0.3) is 5.91 Å². The molecule has 2 rings (SSSR count). The summed E-state index contributed by atoms with van der Waals surface area (Å²) >= 11 is 3.42. The Balaban J connectivity index is 2.08. The maximum absolute atomic E-state index is 12.0. The molecule has 0 spiro atoms. The summed E-state index contributed by atoms with van der Waals surface area (Å²) in [6.07, 6.45) is 5.13. The Hall–Kier alpha value is -1.29. The lowest BCUT2D eigenvalue weighted by Crippen LogP contribution is -2.24. The Morgan fingerprint density at radius 2 is 2.22 bits per heavy atom. The monoisotopic (exact) mass is 308 g/mol. The minimum Gasteiger partial charge on any atom is -0.360 e. The molecule has 4 heteroatoms. The van der Waals surface area contributed by atoms with Gasteiger partial charge in [-0.1, -0.05) is 41.8 Å². The zero-order valence-electron chi connectivity index (χ0n) is 10.4. The van der Waals surface area contributed by atoms with Gasteiger partial charge in [0, 0.05) is 28.1 Å². The number of rotatable bonds is 5. The third-order valence-corrected chi connectivity index (χ3v) is 3.45. The largest absolute Gasteiger partial charge is 0.360 e. The van der Waals surface area contributed by atoms with Crippen LogP contribution in [0.15, 0.2) is 28.9 Å². The number of hydrogen-bond donors (Lipinski definition) is 2. The number of carbonyl (C=O) groups excluding carboxylic acids is 1. The first-order valence-electron chi connectivity index (χ1n) is 6.27. The molecule has 1 heterocycles. The van der Waals surface area contributed by atoms with Gasteiger partial charge in [-0.25, -0.2) is 0 Å². The first-order chi connectivity index (χ1) is 8.72. The highest BCUT2D eigenvalue weighted by molar-refractivity contribution is 9.10. The van der Waals surface area contributed by atoms with Crippen molar-refractivity contribution in [1.29, 1.82) is 0 Å². The molecule has 96 valence electrons. The highest BCUT2D eigenvalue weighted by Crippen LogP contribution is 2.22. The van der Waals surface area contributed by atoms with Crippen molar-refractivity contribution >= 4 is 32.7 Å². The molecule has 0 aliphatic rings. The molecule has 2 aromatic rings. The smallest absolute Gasteiger partial charge is 0.253 e. The molecule has 0 unspecified atom stereocenters. The number of aromatic nitrogens is 1. The van der Waals surface area contributed by atoms with Gasteiger partial charge in [-0.15, -0.1) is 0 Å². The highest BCUT2D eigenvalue weighted by atomic mass is 79.9. The molecule has 1 aromatic heterocycles. The summed E-state index contributed by atoms with van der Waals surface area (Å²) in [6.45, 7) is 2.90. The zero-order valence-corrected chi connectivity index (χ0v) is 12.0.